The molecule has 0 spiro atoms. The molecule has 4 rings (SSSR count). The van der Waals surface area contributed by atoms with Gasteiger partial charge >= 0.3 is 0 Å². The van der Waals surface area contributed by atoms with Gasteiger partial charge in [-0.3, -0.25) is 4.99 Å². The van der Waals surface area contributed by atoms with Gasteiger partial charge in [-0.15, -0.1) is 24.0 Å². The maximum absolute atomic E-state index is 14.2. The summed E-state index contributed by atoms with van der Waals surface area (Å²) in [7, 11) is 1.74. The first kappa shape index (κ1) is 22.3. The number of aliphatic imine (C=N–C) groups is 1. The molecule has 1 heterocycles. The maximum Gasteiger partial charge on any atom is 0.191 e. The average Bonchev–Trinajstić information content (AvgIpc) is 3.41. The Morgan fingerprint density at radius 1 is 1.10 bits per heavy atom. The summed E-state index contributed by atoms with van der Waals surface area (Å²) in [6.07, 6.45) is 5.77. The molecular formula is C23H27FIN5. The number of aromatic nitrogens is 2. The monoisotopic (exact) mass is 519 g/mol. The molecule has 0 saturated heterocycles. The molecule has 1 saturated carbocycles. The highest BCUT2D eigenvalue weighted by atomic mass is 127. The Labute approximate surface area is 193 Å². The van der Waals surface area contributed by atoms with Crippen molar-refractivity contribution >= 4 is 29.9 Å². The van der Waals surface area contributed by atoms with Crippen LogP contribution in [0.15, 0.2) is 72.0 Å². The molecule has 30 heavy (non-hydrogen) atoms. The third-order valence-corrected chi connectivity index (χ3v) is 5.53. The van der Waals surface area contributed by atoms with E-state index in [0.717, 1.165) is 30.8 Å². The molecule has 0 amide bonds. The van der Waals surface area contributed by atoms with Gasteiger partial charge in [0.1, 0.15) is 11.6 Å². The highest BCUT2D eigenvalue weighted by Crippen LogP contribution is 2.48. The SMILES string of the molecule is CN=C(NCc1nccn1Cc1ccccc1)NCC1(c2ccccc2F)CC1.I. The highest BCUT2D eigenvalue weighted by Gasteiger charge is 2.45. The lowest BCUT2D eigenvalue weighted by molar-refractivity contribution is 0.559. The third-order valence-electron chi connectivity index (χ3n) is 5.53. The zero-order valence-electron chi connectivity index (χ0n) is 17.0. The molecule has 0 atom stereocenters. The summed E-state index contributed by atoms with van der Waals surface area (Å²) < 4.78 is 16.3. The summed E-state index contributed by atoms with van der Waals surface area (Å²) in [6.45, 7) is 2.00. The molecule has 2 aromatic carbocycles. The Kier molecular flexibility index (Phi) is 7.47. The molecule has 0 aliphatic heterocycles. The number of guanidine groups is 1. The Balaban J connectivity index is 0.00000256. The highest BCUT2D eigenvalue weighted by molar-refractivity contribution is 14.0. The number of nitrogens with one attached hydrogen (secondary N) is 2. The minimum atomic E-state index is -0.130. The predicted octanol–water partition coefficient (Wildman–Crippen LogP) is 4.09. The summed E-state index contributed by atoms with van der Waals surface area (Å²) in [4.78, 5) is 8.78. The topological polar surface area (TPSA) is 54.2 Å². The Hall–Kier alpha value is -2.42. The normalized spacial score (nSPS) is 14.7. The zero-order valence-corrected chi connectivity index (χ0v) is 19.3. The number of halogens is 2. The minimum Gasteiger partial charge on any atom is -0.356 e. The van der Waals surface area contributed by atoms with Crippen molar-refractivity contribution in [3.63, 3.8) is 0 Å². The first-order valence-electron chi connectivity index (χ1n) is 9.94. The quantitative estimate of drug-likeness (QED) is 0.281. The van der Waals surface area contributed by atoms with Gasteiger partial charge in [0.15, 0.2) is 5.96 Å². The summed E-state index contributed by atoms with van der Waals surface area (Å²) in [5.74, 6) is 1.51. The predicted molar refractivity (Wildman–Crippen MR) is 129 cm³/mol. The van der Waals surface area contributed by atoms with Crippen molar-refractivity contribution in [2.75, 3.05) is 13.6 Å². The van der Waals surface area contributed by atoms with Crippen molar-refractivity contribution in [1.82, 2.24) is 20.2 Å². The van der Waals surface area contributed by atoms with Crippen LogP contribution in [0.3, 0.4) is 0 Å². The first-order chi connectivity index (χ1) is 14.2. The fourth-order valence-electron chi connectivity index (χ4n) is 3.65. The van der Waals surface area contributed by atoms with Crippen molar-refractivity contribution in [1.29, 1.82) is 0 Å². The van der Waals surface area contributed by atoms with E-state index in [0.29, 0.717) is 19.0 Å². The second-order valence-corrected chi connectivity index (χ2v) is 7.50. The van der Waals surface area contributed by atoms with Gasteiger partial charge in [0.25, 0.3) is 0 Å². The van der Waals surface area contributed by atoms with E-state index >= 15 is 0 Å². The molecule has 1 aliphatic rings. The molecule has 7 heteroatoms. The maximum atomic E-state index is 14.2. The largest absolute Gasteiger partial charge is 0.356 e. The Morgan fingerprint density at radius 2 is 1.83 bits per heavy atom. The molecule has 158 valence electrons. The van der Waals surface area contributed by atoms with Crippen LogP contribution in [-0.4, -0.2) is 29.1 Å². The molecule has 5 nitrogen and oxygen atoms in total. The Bertz CT molecular complexity index is 982. The summed E-state index contributed by atoms with van der Waals surface area (Å²) in [5.41, 5.74) is 1.89. The zero-order chi connectivity index (χ0) is 20.1. The van der Waals surface area contributed by atoms with Crippen LogP contribution in [-0.2, 0) is 18.5 Å². The molecule has 0 radical (unpaired) electrons. The number of imidazole rings is 1. The van der Waals surface area contributed by atoms with Crippen molar-refractivity contribution in [2.24, 2.45) is 4.99 Å². The number of hydrogen-bond acceptors (Lipinski definition) is 2. The van der Waals surface area contributed by atoms with Crippen molar-refractivity contribution < 1.29 is 4.39 Å². The lowest BCUT2D eigenvalue weighted by atomic mass is 9.95. The standard InChI is InChI=1S/C23H26FN5.HI/c1-25-22(28-17-23(11-12-23)19-9-5-6-10-20(19)24)27-15-21-26-13-14-29(21)16-18-7-3-2-4-8-18;/h2-10,13-14H,11-12,15-17H2,1H3,(H2,25,27,28);1H. The van der Waals surface area contributed by atoms with E-state index in [1.807, 2.05) is 42.7 Å². The molecule has 1 aromatic heterocycles. The molecule has 0 bridgehead atoms. The van der Waals surface area contributed by atoms with Crippen molar-refractivity contribution in [3.05, 3.63) is 89.8 Å². The van der Waals surface area contributed by atoms with E-state index in [1.165, 1.54) is 11.6 Å². The molecule has 1 fully saturated rings. The van der Waals surface area contributed by atoms with Crippen LogP contribution in [0.5, 0.6) is 0 Å². The van der Waals surface area contributed by atoms with Gasteiger partial charge in [0.2, 0.25) is 0 Å². The number of rotatable bonds is 7. The minimum absolute atomic E-state index is 0. The second-order valence-electron chi connectivity index (χ2n) is 7.50. The molecular weight excluding hydrogens is 492 g/mol. The number of hydrogen-bond donors (Lipinski definition) is 2. The summed E-state index contributed by atoms with van der Waals surface area (Å²) >= 11 is 0. The van der Waals surface area contributed by atoms with Gasteiger partial charge in [-0.2, -0.15) is 0 Å². The van der Waals surface area contributed by atoms with Crippen LogP contribution < -0.4 is 10.6 Å². The fourth-order valence-corrected chi connectivity index (χ4v) is 3.65. The second kappa shape index (κ2) is 10.1. The van der Waals surface area contributed by atoms with Gasteiger partial charge in [-0.05, 0) is 30.0 Å². The van der Waals surface area contributed by atoms with Crippen LogP contribution in [0.1, 0.15) is 29.8 Å². The molecule has 2 N–H and O–H groups in total. The van der Waals surface area contributed by atoms with Gasteiger partial charge in [0, 0.05) is 37.9 Å². The van der Waals surface area contributed by atoms with Crippen LogP contribution in [0.4, 0.5) is 4.39 Å². The average molecular weight is 519 g/mol. The summed E-state index contributed by atoms with van der Waals surface area (Å²) in [5, 5.41) is 6.69. The van der Waals surface area contributed by atoms with Crippen LogP contribution >= 0.6 is 24.0 Å². The number of benzene rings is 2. The Morgan fingerprint density at radius 3 is 2.53 bits per heavy atom. The summed E-state index contributed by atoms with van der Waals surface area (Å²) in [6, 6.07) is 17.4. The molecule has 1 aliphatic carbocycles. The van der Waals surface area contributed by atoms with E-state index in [-0.39, 0.29) is 35.2 Å². The first-order valence-corrected chi connectivity index (χ1v) is 9.94. The van der Waals surface area contributed by atoms with Gasteiger partial charge < -0.3 is 15.2 Å². The van der Waals surface area contributed by atoms with Gasteiger partial charge in [0.05, 0.1) is 6.54 Å². The molecule has 3 aromatic rings. The van der Waals surface area contributed by atoms with E-state index in [1.54, 1.807) is 13.1 Å². The lowest BCUT2D eigenvalue weighted by Crippen LogP contribution is -2.41. The van der Waals surface area contributed by atoms with Gasteiger partial charge in [-0.1, -0.05) is 48.5 Å². The van der Waals surface area contributed by atoms with Crippen LogP contribution in [0.2, 0.25) is 0 Å². The molecule has 0 unspecified atom stereocenters. The smallest absolute Gasteiger partial charge is 0.191 e. The van der Waals surface area contributed by atoms with E-state index in [9.17, 15) is 4.39 Å². The van der Waals surface area contributed by atoms with E-state index in [4.69, 9.17) is 0 Å². The lowest BCUT2D eigenvalue weighted by Gasteiger charge is -2.19. The van der Waals surface area contributed by atoms with Gasteiger partial charge in [-0.25, -0.2) is 9.37 Å². The van der Waals surface area contributed by atoms with E-state index in [2.05, 4.69) is 37.3 Å². The van der Waals surface area contributed by atoms with Crippen LogP contribution in [0, 0.1) is 5.82 Å². The fraction of sp³-hybridized carbons (Fsp3) is 0.304. The number of nitrogens with zero attached hydrogens (tertiary/aromatic N) is 3. The van der Waals surface area contributed by atoms with E-state index < -0.39 is 0 Å². The van der Waals surface area contributed by atoms with Crippen molar-refractivity contribution in [3.8, 4) is 0 Å². The van der Waals surface area contributed by atoms with Crippen LogP contribution in [0.25, 0.3) is 0 Å². The third kappa shape index (κ3) is 5.19. The van der Waals surface area contributed by atoms with Crippen molar-refractivity contribution in [2.45, 2.75) is 31.3 Å².